The van der Waals surface area contributed by atoms with Crippen LogP contribution in [0.3, 0.4) is 0 Å². The SMILES string of the molecule is CC(C)Cc1ccc(C(Br)c2cc(F)c(Cl)cc2F)cc1. The molecule has 1 unspecified atom stereocenters. The minimum absolute atomic E-state index is 0.205. The van der Waals surface area contributed by atoms with E-state index in [1.54, 1.807) is 0 Å². The first-order valence-electron chi connectivity index (χ1n) is 6.76. The Morgan fingerprint density at radius 1 is 1.05 bits per heavy atom. The van der Waals surface area contributed by atoms with Gasteiger partial charge in [-0.1, -0.05) is 65.6 Å². The summed E-state index contributed by atoms with van der Waals surface area (Å²) in [6.07, 6.45) is 0.997. The molecule has 2 aromatic carbocycles. The van der Waals surface area contributed by atoms with Crippen LogP contribution in [-0.4, -0.2) is 0 Å². The Hall–Kier alpha value is -0.930. The molecule has 0 aliphatic carbocycles. The van der Waals surface area contributed by atoms with Gasteiger partial charge in [0, 0.05) is 5.56 Å². The molecule has 0 amide bonds. The van der Waals surface area contributed by atoms with Gasteiger partial charge in [0.15, 0.2) is 0 Å². The Morgan fingerprint density at radius 2 is 1.67 bits per heavy atom. The van der Waals surface area contributed by atoms with Crippen molar-refractivity contribution in [3.05, 3.63) is 69.7 Å². The number of halogens is 4. The molecule has 4 heteroatoms. The van der Waals surface area contributed by atoms with E-state index in [2.05, 4.69) is 29.8 Å². The number of hydrogen-bond donors (Lipinski definition) is 0. The summed E-state index contributed by atoms with van der Waals surface area (Å²) in [7, 11) is 0. The molecule has 1 atom stereocenters. The van der Waals surface area contributed by atoms with E-state index in [9.17, 15) is 8.78 Å². The fourth-order valence-electron chi connectivity index (χ4n) is 2.21. The molecule has 0 nitrogen and oxygen atoms in total. The molecule has 0 aromatic heterocycles. The highest BCUT2D eigenvalue weighted by atomic mass is 79.9. The summed E-state index contributed by atoms with van der Waals surface area (Å²) < 4.78 is 27.5. The van der Waals surface area contributed by atoms with Gasteiger partial charge in [0.25, 0.3) is 0 Å². The average Bonchev–Trinajstić information content (AvgIpc) is 2.42. The number of alkyl halides is 1. The van der Waals surface area contributed by atoms with Crippen LogP contribution in [0, 0.1) is 17.6 Å². The molecule has 21 heavy (non-hydrogen) atoms. The van der Waals surface area contributed by atoms with Crippen molar-refractivity contribution < 1.29 is 8.78 Å². The van der Waals surface area contributed by atoms with Crippen molar-refractivity contribution in [1.29, 1.82) is 0 Å². The normalized spacial score (nSPS) is 12.7. The molecule has 0 heterocycles. The second-order valence-electron chi connectivity index (χ2n) is 5.49. The molecule has 0 saturated carbocycles. The van der Waals surface area contributed by atoms with Gasteiger partial charge in [-0.15, -0.1) is 0 Å². The minimum Gasteiger partial charge on any atom is -0.207 e. The lowest BCUT2D eigenvalue weighted by Gasteiger charge is -2.13. The van der Waals surface area contributed by atoms with Gasteiger partial charge in [0.2, 0.25) is 0 Å². The van der Waals surface area contributed by atoms with Gasteiger partial charge in [-0.2, -0.15) is 0 Å². The topological polar surface area (TPSA) is 0 Å². The van der Waals surface area contributed by atoms with Crippen LogP contribution in [-0.2, 0) is 6.42 Å². The van der Waals surface area contributed by atoms with Crippen LogP contribution < -0.4 is 0 Å². The average molecular weight is 374 g/mol. The van der Waals surface area contributed by atoms with Gasteiger partial charge in [-0.25, -0.2) is 8.78 Å². The fourth-order valence-corrected chi connectivity index (χ4v) is 3.01. The molecule has 2 aromatic rings. The Labute approximate surface area is 137 Å². The Balaban J connectivity index is 2.27. The smallest absolute Gasteiger partial charge is 0.142 e. The molecule has 2 rings (SSSR count). The van der Waals surface area contributed by atoms with Crippen molar-refractivity contribution in [2.45, 2.75) is 25.1 Å². The van der Waals surface area contributed by atoms with Crippen LogP contribution in [0.2, 0.25) is 5.02 Å². The first-order valence-corrected chi connectivity index (χ1v) is 8.05. The number of hydrogen-bond acceptors (Lipinski definition) is 0. The third kappa shape index (κ3) is 4.04. The predicted molar refractivity (Wildman–Crippen MR) is 87.1 cm³/mol. The largest absolute Gasteiger partial charge is 0.207 e. The van der Waals surface area contributed by atoms with Crippen molar-refractivity contribution in [2.75, 3.05) is 0 Å². The lowest BCUT2D eigenvalue weighted by molar-refractivity contribution is 0.588. The van der Waals surface area contributed by atoms with E-state index in [1.165, 1.54) is 5.56 Å². The third-order valence-corrected chi connectivity index (χ3v) is 4.54. The molecule has 0 aliphatic heterocycles. The standard InChI is InChI=1S/C17H16BrClF2/c1-10(2)7-11-3-5-12(6-4-11)17(18)13-8-16(21)14(19)9-15(13)20/h3-6,8-10,17H,7H2,1-2H3. The molecule has 0 N–H and O–H groups in total. The van der Waals surface area contributed by atoms with Gasteiger partial charge in [0.05, 0.1) is 9.85 Å². The first kappa shape index (κ1) is 16.4. The van der Waals surface area contributed by atoms with Gasteiger partial charge in [-0.3, -0.25) is 0 Å². The first-order chi connectivity index (χ1) is 9.88. The molecule has 0 fully saturated rings. The van der Waals surface area contributed by atoms with Crippen LogP contribution in [0.1, 0.15) is 35.4 Å². The van der Waals surface area contributed by atoms with E-state index >= 15 is 0 Å². The van der Waals surface area contributed by atoms with Gasteiger partial charge in [-0.05, 0) is 35.6 Å². The van der Waals surface area contributed by atoms with Crippen molar-refractivity contribution in [2.24, 2.45) is 5.92 Å². The highest BCUT2D eigenvalue weighted by Gasteiger charge is 2.17. The lowest BCUT2D eigenvalue weighted by Crippen LogP contribution is -1.99. The Bertz CT molecular complexity index is 623. The predicted octanol–water partition coefficient (Wildman–Crippen LogP) is 6.30. The Morgan fingerprint density at radius 3 is 2.24 bits per heavy atom. The Kier molecular flexibility index (Phi) is 5.39. The van der Waals surface area contributed by atoms with Crippen LogP contribution >= 0.6 is 27.5 Å². The summed E-state index contributed by atoms with van der Waals surface area (Å²) >= 11 is 9.00. The highest BCUT2D eigenvalue weighted by molar-refractivity contribution is 9.09. The summed E-state index contributed by atoms with van der Waals surface area (Å²) in [5.74, 6) is -0.554. The molecule has 0 radical (unpaired) electrons. The van der Waals surface area contributed by atoms with Crippen LogP contribution in [0.25, 0.3) is 0 Å². The van der Waals surface area contributed by atoms with E-state index in [0.717, 1.165) is 24.1 Å². The van der Waals surface area contributed by atoms with E-state index in [0.29, 0.717) is 5.92 Å². The summed E-state index contributed by atoms with van der Waals surface area (Å²) in [4.78, 5) is -0.405. The van der Waals surface area contributed by atoms with Crippen molar-refractivity contribution in [3.63, 3.8) is 0 Å². The van der Waals surface area contributed by atoms with E-state index in [-0.39, 0.29) is 10.6 Å². The number of benzene rings is 2. The number of rotatable bonds is 4. The molecule has 0 spiro atoms. The van der Waals surface area contributed by atoms with Crippen molar-refractivity contribution >= 4 is 27.5 Å². The quantitative estimate of drug-likeness (QED) is 0.436. The molecule has 0 saturated heterocycles. The van der Waals surface area contributed by atoms with E-state index in [4.69, 9.17) is 11.6 Å². The second kappa shape index (κ2) is 6.89. The summed E-state index contributed by atoms with van der Waals surface area (Å²) in [6, 6.07) is 10.1. The lowest BCUT2D eigenvalue weighted by atomic mass is 9.99. The maximum Gasteiger partial charge on any atom is 0.142 e. The summed E-state index contributed by atoms with van der Waals surface area (Å²) in [5, 5.41) is -0.205. The van der Waals surface area contributed by atoms with E-state index < -0.39 is 16.5 Å². The summed E-state index contributed by atoms with van der Waals surface area (Å²) in [6.45, 7) is 4.32. The van der Waals surface area contributed by atoms with Crippen molar-refractivity contribution in [3.8, 4) is 0 Å². The zero-order valence-corrected chi connectivity index (χ0v) is 14.2. The zero-order valence-electron chi connectivity index (χ0n) is 11.8. The van der Waals surface area contributed by atoms with Crippen LogP contribution in [0.4, 0.5) is 8.78 Å². The summed E-state index contributed by atoms with van der Waals surface area (Å²) in [5.41, 5.74) is 2.35. The van der Waals surface area contributed by atoms with Crippen LogP contribution in [0.15, 0.2) is 36.4 Å². The third-order valence-electron chi connectivity index (χ3n) is 3.23. The molecule has 112 valence electrons. The zero-order chi connectivity index (χ0) is 15.6. The van der Waals surface area contributed by atoms with Gasteiger partial charge < -0.3 is 0 Å². The van der Waals surface area contributed by atoms with Crippen LogP contribution in [0.5, 0.6) is 0 Å². The second-order valence-corrected chi connectivity index (χ2v) is 6.81. The molecular weight excluding hydrogens is 358 g/mol. The van der Waals surface area contributed by atoms with E-state index in [1.807, 2.05) is 24.3 Å². The molecule has 0 bridgehead atoms. The maximum absolute atomic E-state index is 13.9. The maximum atomic E-state index is 13.9. The van der Waals surface area contributed by atoms with Gasteiger partial charge in [0.1, 0.15) is 11.6 Å². The molecule has 0 aliphatic rings. The highest BCUT2D eigenvalue weighted by Crippen LogP contribution is 2.34. The fraction of sp³-hybridized carbons (Fsp3) is 0.294. The monoisotopic (exact) mass is 372 g/mol. The minimum atomic E-state index is -0.617. The van der Waals surface area contributed by atoms with Gasteiger partial charge >= 0.3 is 0 Å². The molecular formula is C17H16BrClF2. The van der Waals surface area contributed by atoms with Crippen molar-refractivity contribution in [1.82, 2.24) is 0 Å².